The predicted molar refractivity (Wildman–Crippen MR) is 285 cm³/mol. The van der Waals surface area contributed by atoms with Crippen LogP contribution in [0, 0.1) is 17.8 Å². The number of nitrogens with zero attached hydrogens (tertiary/aromatic N) is 1. The third kappa shape index (κ3) is 18.7. The smallest absolute Gasteiger partial charge is 0.326 e. The van der Waals surface area contributed by atoms with Gasteiger partial charge < -0.3 is 63.4 Å². The number of phenolic OH excluding ortho intramolecular Hbond substituents is 1. The van der Waals surface area contributed by atoms with Crippen LogP contribution in [0.25, 0.3) is 0 Å². The summed E-state index contributed by atoms with van der Waals surface area (Å²) in [6, 6.07) is 12.3. The number of rotatable bonds is 27. The third-order valence-corrected chi connectivity index (χ3v) is 13.1. The van der Waals surface area contributed by atoms with Crippen LogP contribution in [0.15, 0.2) is 84.9 Å². The van der Waals surface area contributed by atoms with Crippen molar-refractivity contribution in [2.45, 2.75) is 142 Å². The van der Waals surface area contributed by atoms with E-state index in [2.05, 4.69) is 42.5 Å². The fourth-order valence-corrected chi connectivity index (χ4v) is 8.60. The molecule has 0 spiro atoms. The molecule has 1 aliphatic heterocycles. The van der Waals surface area contributed by atoms with Crippen LogP contribution in [0.3, 0.4) is 0 Å². The van der Waals surface area contributed by atoms with Crippen LogP contribution in [0.5, 0.6) is 5.75 Å². The highest BCUT2D eigenvalue weighted by atomic mass is 16.4. The van der Waals surface area contributed by atoms with Crippen LogP contribution in [0.2, 0.25) is 0 Å². The van der Waals surface area contributed by atoms with Crippen LogP contribution in [-0.2, 0) is 67.2 Å². The molecule has 0 bridgehead atoms. The highest BCUT2D eigenvalue weighted by Gasteiger charge is 2.38. The summed E-state index contributed by atoms with van der Waals surface area (Å²) in [5, 5.41) is 41.0. The van der Waals surface area contributed by atoms with E-state index < -0.39 is 131 Å². The molecule has 1 saturated heterocycles. The van der Waals surface area contributed by atoms with E-state index in [4.69, 9.17) is 5.73 Å². The van der Waals surface area contributed by atoms with Gasteiger partial charge in [-0.1, -0.05) is 114 Å². The van der Waals surface area contributed by atoms with Gasteiger partial charge in [-0.2, -0.15) is 0 Å². The Bertz CT molecular complexity index is 2530. The number of amides is 9. The van der Waals surface area contributed by atoms with Gasteiger partial charge in [0.1, 0.15) is 60.1 Å². The van der Waals surface area contributed by atoms with Crippen LogP contribution >= 0.6 is 0 Å². The number of carboxylic acid groups (broad SMARTS) is 1. The van der Waals surface area contributed by atoms with E-state index in [0.717, 1.165) is 0 Å². The molecule has 4 rings (SSSR count). The van der Waals surface area contributed by atoms with Crippen molar-refractivity contribution in [3.8, 4) is 5.75 Å². The topological polar surface area (TPSA) is 337 Å². The fraction of sp³-hybridized carbons (Fsp3) is 0.491. The van der Waals surface area contributed by atoms with Gasteiger partial charge >= 0.3 is 5.97 Å². The first-order chi connectivity index (χ1) is 36.4. The number of carbonyl (C=O) groups excluding carboxylic acids is 9. The molecule has 0 saturated carbocycles. The molecule has 0 radical (unpaired) electrons. The van der Waals surface area contributed by atoms with E-state index in [1.54, 1.807) is 102 Å². The first-order valence-corrected chi connectivity index (χ1v) is 25.9. The molecule has 22 nitrogen and oxygen atoms in total. The van der Waals surface area contributed by atoms with Crippen molar-refractivity contribution >= 4 is 59.1 Å². The van der Waals surface area contributed by atoms with Crippen LogP contribution in [-0.4, -0.2) is 142 Å². The molecular weight excluding hydrogens is 993 g/mol. The normalized spacial score (nSPS) is 16.3. The van der Waals surface area contributed by atoms with Crippen molar-refractivity contribution in [2.75, 3.05) is 13.1 Å². The summed E-state index contributed by atoms with van der Waals surface area (Å²) >= 11 is 0. The second kappa shape index (κ2) is 29.4. The molecule has 1 fully saturated rings. The Hall–Kier alpha value is -7.88. The number of hydrogen-bond donors (Lipinski definition) is 11. The lowest BCUT2D eigenvalue weighted by molar-refractivity contribution is -0.142. The Labute approximate surface area is 449 Å². The van der Waals surface area contributed by atoms with Gasteiger partial charge in [-0.3, -0.25) is 43.2 Å². The number of aromatic hydroxyl groups is 1. The van der Waals surface area contributed by atoms with Gasteiger partial charge in [-0.05, 0) is 73.3 Å². The SMILES string of the molecule is CC(C)[C@H](NC(=O)[C@H](C)NC(=O)[C@H](Cc1ccccc1)NC(=O)[C@H](C)NC(=O)[C@H](Cc1ccc(O)cc1)NC(=O)[C@@H](NC(=O)[C@@H](NC(=O)[C@@H]1CCCN1C(=O)CN)C(C)C)C(C)C)C(=O)N[C@@H](Cc1ccccc1)C(=O)O. The minimum atomic E-state index is -1.37. The summed E-state index contributed by atoms with van der Waals surface area (Å²) in [5.41, 5.74) is 7.37. The maximum Gasteiger partial charge on any atom is 0.326 e. The van der Waals surface area contributed by atoms with Gasteiger partial charge in [0.25, 0.3) is 0 Å². The molecule has 22 heteroatoms. The summed E-state index contributed by atoms with van der Waals surface area (Å²) in [4.78, 5) is 137. The molecule has 1 heterocycles. The van der Waals surface area contributed by atoms with Crippen LogP contribution in [0.4, 0.5) is 0 Å². The lowest BCUT2D eigenvalue weighted by Crippen LogP contribution is -2.61. The van der Waals surface area contributed by atoms with Gasteiger partial charge in [0.05, 0.1) is 6.54 Å². The molecule has 1 aliphatic rings. The second-order valence-electron chi connectivity index (χ2n) is 20.4. The molecule has 9 atom stereocenters. The van der Waals surface area contributed by atoms with E-state index in [1.807, 2.05) is 0 Å². The number of carboxylic acids is 1. The summed E-state index contributed by atoms with van der Waals surface area (Å²) in [6.45, 7) is 12.9. The summed E-state index contributed by atoms with van der Waals surface area (Å²) < 4.78 is 0. The van der Waals surface area contributed by atoms with Crippen LogP contribution < -0.4 is 48.3 Å². The van der Waals surface area contributed by atoms with Crippen LogP contribution in [0.1, 0.15) is 84.9 Å². The summed E-state index contributed by atoms with van der Waals surface area (Å²) in [6.07, 6.45) is 0.761. The average Bonchev–Trinajstić information content (AvgIpc) is 3.89. The monoisotopic (exact) mass is 1070 g/mol. The number of phenols is 1. The lowest BCUT2D eigenvalue weighted by Gasteiger charge is -2.30. The minimum Gasteiger partial charge on any atom is -0.508 e. The highest BCUT2D eigenvalue weighted by Crippen LogP contribution is 2.19. The number of hydrogen-bond acceptors (Lipinski definition) is 12. The largest absolute Gasteiger partial charge is 0.508 e. The first kappa shape index (κ1) is 61.7. The number of carbonyl (C=O) groups is 10. The number of nitrogens with two attached hydrogens (primary N) is 1. The van der Waals surface area contributed by atoms with Crippen molar-refractivity contribution in [3.63, 3.8) is 0 Å². The fourth-order valence-electron chi connectivity index (χ4n) is 8.60. The molecule has 0 unspecified atom stereocenters. The number of nitrogens with one attached hydrogen (secondary N) is 8. The molecule has 418 valence electrons. The maximum atomic E-state index is 14.2. The van der Waals surface area contributed by atoms with E-state index in [9.17, 15) is 58.2 Å². The van der Waals surface area contributed by atoms with E-state index >= 15 is 0 Å². The molecule has 0 aromatic heterocycles. The van der Waals surface area contributed by atoms with Gasteiger partial charge in [-0.15, -0.1) is 0 Å². The van der Waals surface area contributed by atoms with Gasteiger partial charge in [0.15, 0.2) is 0 Å². The van der Waals surface area contributed by atoms with E-state index in [-0.39, 0.29) is 31.6 Å². The standard InChI is InChI=1S/C55H76N10O12/c1-30(2)44(53(74)61-41(55(76)77)28-36-18-13-10-14-19-36)62-48(69)34(8)58-49(70)39(26-35-16-11-9-12-17-35)59-47(68)33(7)57-50(71)40(27-37-21-23-38(66)24-22-37)60-52(73)45(31(3)4)64-54(75)46(32(5)6)63-51(72)42-20-15-25-65(42)43(67)29-56/h9-14,16-19,21-24,30-34,39-42,44-46,66H,15,20,25-29,56H2,1-8H3,(H,57,71)(H,58,70)(H,59,68)(H,60,73)(H,61,74)(H,62,69)(H,63,72)(H,64,75)(H,76,77)/t33-,34-,39-,40-,41-,42-,44-,45-,46-/m0/s1. The van der Waals surface area contributed by atoms with Gasteiger partial charge in [-0.25, -0.2) is 4.79 Å². The predicted octanol–water partition coefficient (Wildman–Crippen LogP) is 0.341. The van der Waals surface area contributed by atoms with Crippen molar-refractivity contribution in [2.24, 2.45) is 23.5 Å². The number of aliphatic carboxylic acids is 1. The first-order valence-electron chi connectivity index (χ1n) is 25.9. The van der Waals surface area contributed by atoms with Crippen molar-refractivity contribution < 1.29 is 58.2 Å². The summed E-state index contributed by atoms with van der Waals surface area (Å²) in [5.74, 6) is -9.15. The molecule has 9 amide bonds. The zero-order chi connectivity index (χ0) is 57.1. The Kier molecular flexibility index (Phi) is 23.6. The zero-order valence-electron chi connectivity index (χ0n) is 45.0. The number of benzene rings is 3. The van der Waals surface area contributed by atoms with E-state index in [1.165, 1.54) is 43.0 Å². The Morgan fingerprint density at radius 1 is 0.494 bits per heavy atom. The van der Waals surface area contributed by atoms with Crippen molar-refractivity contribution in [1.82, 2.24) is 47.4 Å². The van der Waals surface area contributed by atoms with E-state index in [0.29, 0.717) is 36.1 Å². The second-order valence-corrected chi connectivity index (χ2v) is 20.4. The maximum absolute atomic E-state index is 14.2. The molecule has 12 N–H and O–H groups in total. The third-order valence-electron chi connectivity index (χ3n) is 13.1. The molecule has 3 aromatic rings. The molecular formula is C55H76N10O12. The molecule has 3 aromatic carbocycles. The average molecular weight is 1070 g/mol. The van der Waals surface area contributed by atoms with Gasteiger partial charge in [0.2, 0.25) is 53.2 Å². The lowest BCUT2D eigenvalue weighted by atomic mass is 9.98. The Morgan fingerprint density at radius 2 is 0.870 bits per heavy atom. The zero-order valence-corrected chi connectivity index (χ0v) is 45.0. The molecule has 0 aliphatic carbocycles. The quantitative estimate of drug-likeness (QED) is 0.0492. The minimum absolute atomic E-state index is 0.00671. The van der Waals surface area contributed by atoms with Gasteiger partial charge in [0, 0.05) is 25.8 Å². The Balaban J connectivity index is 1.48. The highest BCUT2D eigenvalue weighted by molar-refractivity contribution is 5.98. The molecule has 77 heavy (non-hydrogen) atoms. The number of likely N-dealkylation sites (tertiary alicyclic amines) is 1. The summed E-state index contributed by atoms with van der Waals surface area (Å²) in [7, 11) is 0. The Morgan fingerprint density at radius 3 is 1.31 bits per heavy atom. The van der Waals surface area contributed by atoms with Crippen molar-refractivity contribution in [1.29, 1.82) is 0 Å². The van der Waals surface area contributed by atoms with Crippen molar-refractivity contribution in [3.05, 3.63) is 102 Å².